The van der Waals surface area contributed by atoms with Gasteiger partial charge >= 0.3 is 5.97 Å². The Hall–Kier alpha value is -2.15. The Morgan fingerprint density at radius 2 is 1.79 bits per heavy atom. The van der Waals surface area contributed by atoms with Gasteiger partial charge in [-0.3, -0.25) is 14.4 Å². The Morgan fingerprint density at radius 3 is 2.29 bits per heavy atom. The summed E-state index contributed by atoms with van der Waals surface area (Å²) in [6.45, 7) is 14.6. The zero-order chi connectivity index (χ0) is 21.7. The standard InChI is InChI=1S/C21H36N2O5/c1-7-9-11-19(26)28-14-17(21(4,5)6)23-20(27)16(10-8-2)12-18(25)22-15(3)13-24/h7-8,15-17,24H,1-2,9-14H2,3-6H3,(H,22,25)(H,23,27)/t15-,16+,17+/m0/s1. The summed E-state index contributed by atoms with van der Waals surface area (Å²) in [5, 5.41) is 14.6. The van der Waals surface area contributed by atoms with Crippen LogP contribution in [0.3, 0.4) is 0 Å². The van der Waals surface area contributed by atoms with Crippen molar-refractivity contribution in [1.29, 1.82) is 0 Å². The van der Waals surface area contributed by atoms with E-state index in [1.807, 2.05) is 20.8 Å². The van der Waals surface area contributed by atoms with Crippen LogP contribution < -0.4 is 10.6 Å². The normalized spacial score (nSPS) is 14.3. The number of hydrogen-bond donors (Lipinski definition) is 3. The van der Waals surface area contributed by atoms with Gasteiger partial charge in [-0.05, 0) is 25.2 Å². The Labute approximate surface area is 168 Å². The zero-order valence-corrected chi connectivity index (χ0v) is 17.6. The molecular formula is C21H36N2O5. The van der Waals surface area contributed by atoms with Crippen LogP contribution in [0, 0.1) is 11.3 Å². The first kappa shape index (κ1) is 25.9. The average molecular weight is 397 g/mol. The van der Waals surface area contributed by atoms with E-state index in [4.69, 9.17) is 9.84 Å². The predicted molar refractivity (Wildman–Crippen MR) is 109 cm³/mol. The largest absolute Gasteiger partial charge is 0.463 e. The van der Waals surface area contributed by atoms with Crippen LogP contribution in [-0.2, 0) is 19.1 Å². The van der Waals surface area contributed by atoms with Crippen molar-refractivity contribution in [3.8, 4) is 0 Å². The molecule has 0 unspecified atom stereocenters. The highest BCUT2D eigenvalue weighted by Crippen LogP contribution is 2.21. The number of rotatable bonds is 13. The third-order valence-electron chi connectivity index (χ3n) is 4.26. The van der Waals surface area contributed by atoms with Gasteiger partial charge in [0.2, 0.25) is 11.8 Å². The molecule has 160 valence electrons. The Morgan fingerprint density at radius 1 is 1.14 bits per heavy atom. The minimum Gasteiger partial charge on any atom is -0.463 e. The summed E-state index contributed by atoms with van der Waals surface area (Å²) >= 11 is 0. The third kappa shape index (κ3) is 10.9. The second-order valence-corrected chi connectivity index (χ2v) is 8.01. The number of aliphatic hydroxyl groups is 1. The Bertz CT molecular complexity index is 539. The van der Waals surface area contributed by atoms with Crippen molar-refractivity contribution in [3.05, 3.63) is 25.3 Å². The number of amides is 2. The summed E-state index contributed by atoms with van der Waals surface area (Å²) in [6, 6.07) is -0.781. The molecule has 0 aromatic heterocycles. The van der Waals surface area contributed by atoms with Crippen molar-refractivity contribution >= 4 is 17.8 Å². The molecule has 0 aromatic rings. The smallest absolute Gasteiger partial charge is 0.306 e. The molecule has 0 aliphatic heterocycles. The highest BCUT2D eigenvalue weighted by Gasteiger charge is 2.30. The molecule has 7 heteroatoms. The van der Waals surface area contributed by atoms with Crippen LogP contribution in [0.4, 0.5) is 0 Å². The van der Waals surface area contributed by atoms with E-state index in [0.717, 1.165) is 0 Å². The minimum absolute atomic E-state index is 0.0157. The predicted octanol–water partition coefficient (Wildman–Crippen LogP) is 2.11. The van der Waals surface area contributed by atoms with Gasteiger partial charge < -0.3 is 20.5 Å². The van der Waals surface area contributed by atoms with Gasteiger partial charge in [0.25, 0.3) is 0 Å². The molecule has 0 aromatic carbocycles. The van der Waals surface area contributed by atoms with Crippen molar-refractivity contribution in [1.82, 2.24) is 10.6 Å². The molecule has 0 radical (unpaired) electrons. The topological polar surface area (TPSA) is 105 Å². The first-order valence-electron chi connectivity index (χ1n) is 9.63. The average Bonchev–Trinajstić information content (AvgIpc) is 2.61. The molecule has 0 rings (SSSR count). The summed E-state index contributed by atoms with van der Waals surface area (Å²) in [7, 11) is 0. The van der Waals surface area contributed by atoms with E-state index in [1.54, 1.807) is 19.1 Å². The van der Waals surface area contributed by atoms with Crippen molar-refractivity contribution in [2.75, 3.05) is 13.2 Å². The summed E-state index contributed by atoms with van der Waals surface area (Å²) in [6.07, 6.45) is 4.34. The number of esters is 1. The van der Waals surface area contributed by atoms with Crippen molar-refractivity contribution < 1.29 is 24.2 Å². The van der Waals surface area contributed by atoms with Gasteiger partial charge in [0, 0.05) is 18.9 Å². The molecule has 3 N–H and O–H groups in total. The zero-order valence-electron chi connectivity index (χ0n) is 17.6. The van der Waals surface area contributed by atoms with Crippen LogP contribution in [0.25, 0.3) is 0 Å². The summed E-state index contributed by atoms with van der Waals surface area (Å²) < 4.78 is 5.29. The van der Waals surface area contributed by atoms with Gasteiger partial charge in [-0.25, -0.2) is 0 Å². The number of hydrogen-bond acceptors (Lipinski definition) is 5. The number of carbonyl (C=O) groups excluding carboxylic acids is 3. The monoisotopic (exact) mass is 396 g/mol. The van der Waals surface area contributed by atoms with Gasteiger partial charge in [-0.15, -0.1) is 13.2 Å². The second-order valence-electron chi connectivity index (χ2n) is 8.01. The highest BCUT2D eigenvalue weighted by atomic mass is 16.5. The van der Waals surface area contributed by atoms with Gasteiger partial charge in [0.15, 0.2) is 0 Å². The van der Waals surface area contributed by atoms with Crippen molar-refractivity contribution in [3.63, 3.8) is 0 Å². The van der Waals surface area contributed by atoms with Crippen LogP contribution >= 0.6 is 0 Å². The molecule has 0 bridgehead atoms. The molecule has 0 aliphatic rings. The van der Waals surface area contributed by atoms with E-state index >= 15 is 0 Å². The first-order chi connectivity index (χ1) is 13.0. The first-order valence-corrected chi connectivity index (χ1v) is 9.63. The van der Waals surface area contributed by atoms with E-state index in [1.165, 1.54) is 0 Å². The number of allylic oxidation sites excluding steroid dienone is 2. The van der Waals surface area contributed by atoms with Gasteiger partial charge in [-0.2, -0.15) is 0 Å². The fraction of sp³-hybridized carbons (Fsp3) is 0.667. The van der Waals surface area contributed by atoms with E-state index in [-0.39, 0.29) is 55.3 Å². The van der Waals surface area contributed by atoms with Crippen LogP contribution in [-0.4, -0.2) is 48.2 Å². The SMILES string of the molecule is C=CCCC(=O)OC[C@@H](NC(=O)[C@H](CC=C)CC(=O)N[C@@H](C)CO)C(C)(C)C. The number of nitrogens with one attached hydrogen (secondary N) is 2. The van der Waals surface area contributed by atoms with Gasteiger partial charge in [-0.1, -0.05) is 32.9 Å². The summed E-state index contributed by atoms with van der Waals surface area (Å²) in [5.74, 6) is -1.55. The molecule has 0 saturated carbocycles. The maximum absolute atomic E-state index is 12.8. The van der Waals surface area contributed by atoms with Crippen LogP contribution in [0.5, 0.6) is 0 Å². The highest BCUT2D eigenvalue weighted by molar-refractivity contribution is 5.86. The maximum Gasteiger partial charge on any atom is 0.306 e. The third-order valence-corrected chi connectivity index (χ3v) is 4.26. The summed E-state index contributed by atoms with van der Waals surface area (Å²) in [4.78, 5) is 36.6. The van der Waals surface area contributed by atoms with Crippen molar-refractivity contribution in [2.24, 2.45) is 11.3 Å². The lowest BCUT2D eigenvalue weighted by Gasteiger charge is -2.32. The second kappa shape index (κ2) is 13.1. The fourth-order valence-electron chi connectivity index (χ4n) is 2.35. The quantitative estimate of drug-likeness (QED) is 0.327. The Balaban J connectivity index is 4.97. The van der Waals surface area contributed by atoms with Crippen LogP contribution in [0.1, 0.15) is 53.4 Å². The van der Waals surface area contributed by atoms with Crippen molar-refractivity contribution in [2.45, 2.75) is 65.5 Å². The van der Waals surface area contributed by atoms with Crippen LogP contribution in [0.15, 0.2) is 25.3 Å². The Kier molecular flexibility index (Phi) is 12.1. The number of carbonyl (C=O) groups is 3. The molecule has 3 atom stereocenters. The fourth-order valence-corrected chi connectivity index (χ4v) is 2.35. The van der Waals surface area contributed by atoms with E-state index < -0.39 is 12.0 Å². The minimum atomic E-state index is -0.593. The lowest BCUT2D eigenvalue weighted by Crippen LogP contribution is -2.49. The van der Waals surface area contributed by atoms with E-state index in [0.29, 0.717) is 12.8 Å². The molecule has 0 saturated heterocycles. The van der Waals surface area contributed by atoms with Gasteiger partial charge in [0.05, 0.1) is 18.6 Å². The summed E-state index contributed by atoms with van der Waals surface area (Å²) in [5.41, 5.74) is -0.346. The molecule has 0 spiro atoms. The van der Waals surface area contributed by atoms with E-state index in [9.17, 15) is 14.4 Å². The van der Waals surface area contributed by atoms with Gasteiger partial charge in [0.1, 0.15) is 6.61 Å². The van der Waals surface area contributed by atoms with Crippen LogP contribution in [0.2, 0.25) is 0 Å². The lowest BCUT2D eigenvalue weighted by atomic mass is 9.86. The maximum atomic E-state index is 12.8. The molecule has 0 aliphatic carbocycles. The number of aliphatic hydroxyl groups excluding tert-OH is 1. The lowest BCUT2D eigenvalue weighted by molar-refractivity contribution is -0.146. The molecule has 7 nitrogen and oxygen atoms in total. The molecular weight excluding hydrogens is 360 g/mol. The number of ether oxygens (including phenoxy) is 1. The molecule has 28 heavy (non-hydrogen) atoms. The molecule has 2 amide bonds. The molecule has 0 fully saturated rings. The van der Waals surface area contributed by atoms with E-state index in [2.05, 4.69) is 23.8 Å². The molecule has 0 heterocycles.